The first-order chi connectivity index (χ1) is 18.1. The molecule has 1 aliphatic heterocycles. The van der Waals surface area contributed by atoms with Gasteiger partial charge in [0.2, 0.25) is 12.8 Å². The average Bonchev–Trinajstić information content (AvgIpc) is 2.89. The highest BCUT2D eigenvalue weighted by atomic mass is 31.0. The van der Waals surface area contributed by atoms with Crippen LogP contribution in [0, 0.1) is 5.92 Å². The minimum absolute atomic E-state index is 0.179. The SMILES string of the molecule is CCCCCN.CCCCN.CCCNC1CN(C=O)C(=O)C(CC(C)C)N1C=O.NCCCCC(=O)P. The lowest BCUT2D eigenvalue weighted by Gasteiger charge is -2.43. The quantitative estimate of drug-likeness (QED) is 0.127. The van der Waals surface area contributed by atoms with Crippen LogP contribution in [0.25, 0.3) is 0 Å². The van der Waals surface area contributed by atoms with Crippen LogP contribution in [0.5, 0.6) is 0 Å². The molecule has 0 radical (unpaired) electrons. The molecule has 1 heterocycles. The van der Waals surface area contributed by atoms with Gasteiger partial charge >= 0.3 is 0 Å². The second-order valence-electron chi connectivity index (χ2n) is 9.61. The van der Waals surface area contributed by atoms with Crippen LogP contribution in [0.15, 0.2) is 0 Å². The smallest absolute Gasteiger partial charge is 0.251 e. The molecule has 0 spiro atoms. The molecule has 1 saturated heterocycles. The van der Waals surface area contributed by atoms with Gasteiger partial charge < -0.3 is 22.1 Å². The van der Waals surface area contributed by atoms with Gasteiger partial charge in [0, 0.05) is 6.42 Å². The van der Waals surface area contributed by atoms with Gasteiger partial charge in [0.05, 0.1) is 6.54 Å². The monoisotopic (exact) mass is 562 g/mol. The average molecular weight is 563 g/mol. The van der Waals surface area contributed by atoms with Gasteiger partial charge in [0.15, 0.2) is 0 Å². The van der Waals surface area contributed by atoms with Crippen LogP contribution < -0.4 is 22.5 Å². The Morgan fingerprint density at radius 2 is 1.50 bits per heavy atom. The third-order valence-corrected chi connectivity index (χ3v) is 5.76. The molecule has 1 aliphatic rings. The van der Waals surface area contributed by atoms with E-state index in [0.29, 0.717) is 32.2 Å². The maximum atomic E-state index is 12.1. The summed E-state index contributed by atoms with van der Waals surface area (Å²) in [6, 6.07) is -0.550. The number of hydrogen-bond acceptors (Lipinski definition) is 8. The summed E-state index contributed by atoms with van der Waals surface area (Å²) in [5.41, 5.74) is 15.7. The molecule has 3 amide bonds. The van der Waals surface area contributed by atoms with Crippen LogP contribution >= 0.6 is 9.24 Å². The lowest BCUT2D eigenvalue weighted by Crippen LogP contribution is -2.65. The van der Waals surface area contributed by atoms with Gasteiger partial charge in [0.1, 0.15) is 17.7 Å². The molecule has 3 atom stereocenters. The van der Waals surface area contributed by atoms with Crippen molar-refractivity contribution >= 4 is 33.5 Å². The molecule has 0 aromatic rings. The van der Waals surface area contributed by atoms with Crippen LogP contribution in [0.4, 0.5) is 0 Å². The Bertz CT molecular complexity index is 578. The van der Waals surface area contributed by atoms with Crippen LogP contribution in [-0.4, -0.2) is 79.0 Å². The van der Waals surface area contributed by atoms with Gasteiger partial charge in [-0.3, -0.25) is 29.4 Å². The standard InChI is InChI=1S/C13H23N3O3.C5H12NOP.C5H13N.C4H11N/c1-4-5-14-12-7-15(8-17)13(19)11(6-10(2)3)16(12)9-18;6-4-2-1-3-5(7)8;1-2-3-4-5-6;1-2-3-4-5/h8-12,14H,4-7H2,1-3H3;1-4,6,8H2;2-6H2,1H3;2-5H2,1H3. The number of rotatable bonds is 16. The van der Waals surface area contributed by atoms with Gasteiger partial charge in [-0.05, 0) is 70.6 Å². The van der Waals surface area contributed by atoms with Gasteiger partial charge in [-0.1, -0.05) is 63.1 Å². The number of amides is 3. The molecule has 226 valence electrons. The Hall–Kier alpha value is -1.45. The van der Waals surface area contributed by atoms with Crippen LogP contribution in [-0.2, 0) is 19.2 Å². The van der Waals surface area contributed by atoms with E-state index in [-0.39, 0.29) is 30.1 Å². The number of hydrogen-bond donors (Lipinski definition) is 4. The first-order valence-corrected chi connectivity index (χ1v) is 14.8. The first-order valence-electron chi connectivity index (χ1n) is 14.3. The van der Waals surface area contributed by atoms with Gasteiger partial charge in [0.25, 0.3) is 5.91 Å². The number of piperazine rings is 1. The molecule has 11 heteroatoms. The highest BCUT2D eigenvalue weighted by Gasteiger charge is 2.39. The van der Waals surface area contributed by atoms with Crippen LogP contribution in [0.3, 0.4) is 0 Å². The molecule has 0 aromatic heterocycles. The number of carbonyl (C=O) groups is 4. The van der Waals surface area contributed by atoms with E-state index in [1.165, 1.54) is 41.9 Å². The van der Waals surface area contributed by atoms with E-state index in [1.54, 1.807) is 0 Å². The summed E-state index contributed by atoms with van der Waals surface area (Å²) in [7, 11) is 2.15. The minimum atomic E-state index is -0.550. The van der Waals surface area contributed by atoms with Crippen molar-refractivity contribution in [3.8, 4) is 0 Å². The summed E-state index contributed by atoms with van der Waals surface area (Å²) in [6.07, 6.45) is 11.1. The fourth-order valence-electron chi connectivity index (χ4n) is 3.34. The molecular weight excluding hydrogens is 503 g/mol. The molecule has 10 nitrogen and oxygen atoms in total. The normalized spacial score (nSPS) is 16.4. The maximum Gasteiger partial charge on any atom is 0.251 e. The van der Waals surface area contributed by atoms with Crippen molar-refractivity contribution in [2.45, 2.75) is 111 Å². The van der Waals surface area contributed by atoms with Gasteiger partial charge in [-0.2, -0.15) is 0 Å². The molecule has 0 aromatic carbocycles. The zero-order valence-electron chi connectivity index (χ0n) is 24.8. The predicted molar refractivity (Wildman–Crippen MR) is 161 cm³/mol. The molecule has 38 heavy (non-hydrogen) atoms. The summed E-state index contributed by atoms with van der Waals surface area (Å²) in [5, 5.41) is 3.20. The lowest BCUT2D eigenvalue weighted by molar-refractivity contribution is -0.155. The Balaban J connectivity index is -0.000000529. The zero-order chi connectivity index (χ0) is 29.8. The second-order valence-corrected chi connectivity index (χ2v) is 10.3. The molecule has 7 N–H and O–H groups in total. The van der Waals surface area contributed by atoms with Crippen molar-refractivity contribution in [2.24, 2.45) is 23.1 Å². The van der Waals surface area contributed by atoms with E-state index in [1.807, 2.05) is 20.8 Å². The van der Waals surface area contributed by atoms with Crippen molar-refractivity contribution in [2.75, 3.05) is 32.7 Å². The molecule has 0 bridgehead atoms. The number of imide groups is 1. The fourth-order valence-corrected chi connectivity index (χ4v) is 3.54. The fraction of sp³-hybridized carbons (Fsp3) is 0.852. The molecule has 0 aliphatic carbocycles. The predicted octanol–water partition coefficient (Wildman–Crippen LogP) is 2.58. The number of nitrogens with zero attached hydrogens (tertiary/aromatic N) is 2. The van der Waals surface area contributed by atoms with Crippen molar-refractivity contribution in [1.82, 2.24) is 15.1 Å². The van der Waals surface area contributed by atoms with Crippen molar-refractivity contribution in [3.05, 3.63) is 0 Å². The number of unbranched alkanes of at least 4 members (excludes halogenated alkanes) is 4. The first kappa shape index (κ1) is 41.0. The van der Waals surface area contributed by atoms with E-state index in [0.717, 1.165) is 38.9 Å². The Morgan fingerprint density at radius 3 is 1.84 bits per heavy atom. The third kappa shape index (κ3) is 23.7. The van der Waals surface area contributed by atoms with E-state index in [2.05, 4.69) is 28.4 Å². The molecule has 1 rings (SSSR count). The van der Waals surface area contributed by atoms with Gasteiger partial charge in [-0.25, -0.2) is 0 Å². The largest absolute Gasteiger partial charge is 0.330 e. The molecular formula is C27H59N6O4P. The number of carbonyl (C=O) groups excluding carboxylic acids is 4. The summed E-state index contributed by atoms with van der Waals surface area (Å²) in [6.45, 7) is 13.7. The molecule has 1 fully saturated rings. The van der Waals surface area contributed by atoms with Crippen molar-refractivity contribution in [3.63, 3.8) is 0 Å². The third-order valence-electron chi connectivity index (χ3n) is 5.47. The highest BCUT2D eigenvalue weighted by Crippen LogP contribution is 2.19. The van der Waals surface area contributed by atoms with E-state index in [4.69, 9.17) is 17.2 Å². The topological polar surface area (TPSA) is 165 Å². The second kappa shape index (κ2) is 30.1. The van der Waals surface area contributed by atoms with E-state index >= 15 is 0 Å². The van der Waals surface area contributed by atoms with Crippen molar-refractivity contribution in [1.29, 1.82) is 0 Å². The minimum Gasteiger partial charge on any atom is -0.330 e. The van der Waals surface area contributed by atoms with Crippen LogP contribution in [0.1, 0.15) is 98.8 Å². The Morgan fingerprint density at radius 1 is 0.947 bits per heavy atom. The number of nitrogens with one attached hydrogen (secondary N) is 1. The summed E-state index contributed by atoms with van der Waals surface area (Å²) in [5.74, 6) is -0.0137. The van der Waals surface area contributed by atoms with E-state index in [9.17, 15) is 19.2 Å². The maximum absolute atomic E-state index is 12.1. The Kier molecular flexibility index (Phi) is 32.5. The molecule has 0 saturated carbocycles. The van der Waals surface area contributed by atoms with E-state index < -0.39 is 6.04 Å². The summed E-state index contributed by atoms with van der Waals surface area (Å²) >= 11 is 0. The van der Waals surface area contributed by atoms with Gasteiger partial charge in [-0.15, -0.1) is 0 Å². The highest BCUT2D eigenvalue weighted by molar-refractivity contribution is 7.40. The number of nitrogens with two attached hydrogens (primary N) is 3. The lowest BCUT2D eigenvalue weighted by atomic mass is 9.99. The summed E-state index contributed by atoms with van der Waals surface area (Å²) < 4.78 is 0. The van der Waals surface area contributed by atoms with Crippen LogP contribution in [0.2, 0.25) is 0 Å². The molecule has 3 unspecified atom stereocenters. The summed E-state index contributed by atoms with van der Waals surface area (Å²) in [4.78, 5) is 47.3. The van der Waals surface area contributed by atoms with Crippen molar-refractivity contribution < 1.29 is 19.2 Å². The Labute approximate surface area is 234 Å². The zero-order valence-corrected chi connectivity index (χ0v) is 26.0.